The number of hydrogen-bond acceptors (Lipinski definition) is 3. The number of fused-ring (bicyclic) bond motifs is 1. The molecule has 12 heavy (non-hydrogen) atoms. The first-order chi connectivity index (χ1) is 5.90. The van der Waals surface area contributed by atoms with E-state index in [9.17, 15) is 0 Å². The van der Waals surface area contributed by atoms with Crippen LogP contribution in [0, 0.1) is 0 Å². The maximum atomic E-state index is 3.99. The summed E-state index contributed by atoms with van der Waals surface area (Å²) in [6.45, 7) is 2.08. The molecule has 0 radical (unpaired) electrons. The number of rotatable bonds is 1. The number of aliphatic imine (C=N–C) groups is 1. The van der Waals surface area contributed by atoms with E-state index in [1.807, 2.05) is 12.3 Å². The number of aromatic nitrogens is 3. The van der Waals surface area contributed by atoms with Gasteiger partial charge in [0.05, 0.1) is 0 Å². The van der Waals surface area contributed by atoms with E-state index in [1.165, 1.54) is 6.33 Å². The molecule has 4 heteroatoms. The summed E-state index contributed by atoms with van der Waals surface area (Å²) in [7, 11) is 0. The fraction of sp³-hybridized carbons (Fsp3) is 0.250. The second kappa shape index (κ2) is 2.75. The molecule has 0 fully saturated rings. The Morgan fingerprint density at radius 2 is 2.50 bits per heavy atom. The molecule has 0 saturated carbocycles. The first kappa shape index (κ1) is 7.00. The van der Waals surface area contributed by atoms with Crippen LogP contribution in [0.5, 0.6) is 0 Å². The van der Waals surface area contributed by atoms with Crippen LogP contribution in [0.15, 0.2) is 23.0 Å². The third-order valence-electron chi connectivity index (χ3n) is 1.67. The van der Waals surface area contributed by atoms with Gasteiger partial charge in [0.15, 0.2) is 0 Å². The lowest BCUT2D eigenvalue weighted by atomic mass is 10.2. The Hall–Kier alpha value is -1.67. The predicted molar refractivity (Wildman–Crippen MR) is 46.3 cm³/mol. The zero-order chi connectivity index (χ0) is 8.39. The summed E-state index contributed by atoms with van der Waals surface area (Å²) in [6.07, 6.45) is 6.18. The van der Waals surface area contributed by atoms with Crippen molar-refractivity contribution in [2.24, 2.45) is 4.99 Å². The maximum absolute atomic E-state index is 3.99. The minimum absolute atomic E-state index is 0.578. The van der Waals surface area contributed by atoms with Crippen LogP contribution >= 0.6 is 0 Å². The van der Waals surface area contributed by atoms with Gasteiger partial charge >= 0.3 is 0 Å². The Labute approximate surface area is 70.0 Å². The molecule has 2 rings (SSSR count). The summed E-state index contributed by atoms with van der Waals surface area (Å²) in [6, 6.07) is 0. The second-order valence-corrected chi connectivity index (χ2v) is 2.45. The molecule has 0 atom stereocenters. The van der Waals surface area contributed by atoms with Gasteiger partial charge < -0.3 is 0 Å². The van der Waals surface area contributed by atoms with Crippen molar-refractivity contribution in [1.82, 2.24) is 14.8 Å². The number of allylic oxidation sites excluding steroid dienone is 2. The summed E-state index contributed by atoms with van der Waals surface area (Å²) in [4.78, 5) is 7.92. The molecular formula is C8H8N4. The fourth-order valence-electron chi connectivity index (χ4n) is 0.976. The lowest BCUT2D eigenvalue weighted by Crippen LogP contribution is -1.88. The van der Waals surface area contributed by atoms with E-state index < -0.39 is 0 Å². The number of hydrogen-bond donors (Lipinski definition) is 0. The van der Waals surface area contributed by atoms with Gasteiger partial charge in [-0.1, -0.05) is 6.92 Å². The van der Waals surface area contributed by atoms with Crippen molar-refractivity contribution in [3.05, 3.63) is 18.0 Å². The summed E-state index contributed by atoms with van der Waals surface area (Å²) < 4.78 is 1.65. The molecule has 0 aliphatic carbocycles. The van der Waals surface area contributed by atoms with Crippen LogP contribution in [0.25, 0.3) is 6.20 Å². The van der Waals surface area contributed by atoms with Crippen LogP contribution in [0.2, 0.25) is 0 Å². The highest BCUT2D eigenvalue weighted by molar-refractivity contribution is 5.65. The molecule has 1 aliphatic heterocycles. The molecule has 2 heterocycles. The highest BCUT2D eigenvalue weighted by Crippen LogP contribution is 2.12. The minimum Gasteiger partial charge on any atom is -0.204 e. The molecular weight excluding hydrogens is 152 g/mol. The molecule has 0 unspecified atom stereocenters. The third-order valence-corrected chi connectivity index (χ3v) is 1.67. The normalized spacial score (nSPS) is 13.9. The zero-order valence-electron chi connectivity index (χ0n) is 6.73. The van der Waals surface area contributed by atoms with Gasteiger partial charge in [-0.05, 0) is 17.9 Å². The van der Waals surface area contributed by atoms with Crippen LogP contribution in [0.4, 0.5) is 5.95 Å². The van der Waals surface area contributed by atoms with Gasteiger partial charge in [-0.2, -0.15) is 15.1 Å². The first-order valence-corrected chi connectivity index (χ1v) is 3.80. The molecule has 0 N–H and O–H groups in total. The predicted octanol–water partition coefficient (Wildman–Crippen LogP) is 1.40. The molecule has 0 aromatic carbocycles. The van der Waals surface area contributed by atoms with Gasteiger partial charge in [-0.15, -0.1) is 0 Å². The van der Waals surface area contributed by atoms with Crippen LogP contribution in [0.1, 0.15) is 13.3 Å². The van der Waals surface area contributed by atoms with Crippen molar-refractivity contribution in [3.8, 4) is 0 Å². The van der Waals surface area contributed by atoms with E-state index in [2.05, 4.69) is 27.9 Å². The highest BCUT2D eigenvalue weighted by Gasteiger charge is 2.01. The molecule has 0 saturated heterocycles. The summed E-state index contributed by atoms with van der Waals surface area (Å²) in [5, 5.41) is 3.99. The van der Waals surface area contributed by atoms with Gasteiger partial charge in [-0.25, -0.2) is 4.68 Å². The van der Waals surface area contributed by atoms with E-state index in [0.29, 0.717) is 5.95 Å². The fourth-order valence-corrected chi connectivity index (χ4v) is 0.976. The smallest absolute Gasteiger partial charge is 0.204 e. The van der Waals surface area contributed by atoms with Crippen LogP contribution in [-0.4, -0.2) is 20.6 Å². The Bertz CT molecular complexity index is 380. The monoisotopic (exact) mass is 160 g/mol. The quantitative estimate of drug-likeness (QED) is 0.623. The van der Waals surface area contributed by atoms with Gasteiger partial charge in [0, 0.05) is 12.3 Å². The van der Waals surface area contributed by atoms with Crippen molar-refractivity contribution in [1.29, 1.82) is 0 Å². The largest absolute Gasteiger partial charge is 0.260 e. The van der Waals surface area contributed by atoms with Crippen molar-refractivity contribution in [2.45, 2.75) is 13.3 Å². The van der Waals surface area contributed by atoms with E-state index in [-0.39, 0.29) is 0 Å². The molecule has 1 aliphatic rings. The zero-order valence-corrected chi connectivity index (χ0v) is 6.73. The molecule has 0 spiro atoms. The second-order valence-electron chi connectivity index (χ2n) is 2.45. The van der Waals surface area contributed by atoms with Crippen LogP contribution < -0.4 is 0 Å². The standard InChI is InChI=1S/C8H8N4/c1-2-7-3-4-9-8-10-6-11-12(8)5-7/h3,5-6H,2H2,1H3. The van der Waals surface area contributed by atoms with Crippen molar-refractivity contribution >= 4 is 18.0 Å². The Morgan fingerprint density at radius 3 is 3.33 bits per heavy atom. The molecule has 60 valence electrons. The van der Waals surface area contributed by atoms with Gasteiger partial charge in [0.1, 0.15) is 6.33 Å². The van der Waals surface area contributed by atoms with E-state index >= 15 is 0 Å². The molecule has 0 amide bonds. The highest BCUT2D eigenvalue weighted by atomic mass is 15.4. The summed E-state index contributed by atoms with van der Waals surface area (Å²) in [5.41, 5.74) is 1.14. The van der Waals surface area contributed by atoms with E-state index in [4.69, 9.17) is 0 Å². The molecule has 1 aromatic heterocycles. The van der Waals surface area contributed by atoms with Crippen molar-refractivity contribution in [3.63, 3.8) is 0 Å². The lowest BCUT2D eigenvalue weighted by Gasteiger charge is -1.94. The van der Waals surface area contributed by atoms with Crippen LogP contribution in [-0.2, 0) is 0 Å². The Morgan fingerprint density at radius 1 is 1.58 bits per heavy atom. The molecule has 4 nitrogen and oxygen atoms in total. The summed E-state index contributed by atoms with van der Waals surface area (Å²) >= 11 is 0. The van der Waals surface area contributed by atoms with E-state index in [1.54, 1.807) is 4.68 Å². The Balaban J connectivity index is 2.55. The van der Waals surface area contributed by atoms with Crippen molar-refractivity contribution < 1.29 is 0 Å². The molecule has 0 bridgehead atoms. The maximum Gasteiger partial charge on any atom is 0.260 e. The van der Waals surface area contributed by atoms with Gasteiger partial charge in [0.2, 0.25) is 0 Å². The third kappa shape index (κ3) is 1.08. The molecule has 1 aromatic rings. The first-order valence-electron chi connectivity index (χ1n) is 3.80. The topological polar surface area (TPSA) is 43.1 Å². The van der Waals surface area contributed by atoms with Crippen molar-refractivity contribution in [2.75, 3.05) is 0 Å². The minimum atomic E-state index is 0.578. The van der Waals surface area contributed by atoms with Crippen LogP contribution in [0.3, 0.4) is 0 Å². The van der Waals surface area contributed by atoms with E-state index in [0.717, 1.165) is 12.0 Å². The van der Waals surface area contributed by atoms with Gasteiger partial charge in [0.25, 0.3) is 5.95 Å². The SMILES string of the molecule is CCC1=Cn2ncnc2N=C=C1. The van der Waals surface area contributed by atoms with Gasteiger partial charge in [-0.3, -0.25) is 0 Å². The average Bonchev–Trinajstić information content (AvgIpc) is 2.43. The summed E-state index contributed by atoms with van der Waals surface area (Å²) in [5.74, 6) is 3.38. The average molecular weight is 160 g/mol. The number of nitrogens with zero attached hydrogens (tertiary/aromatic N) is 4. The lowest BCUT2D eigenvalue weighted by molar-refractivity contribution is 0.924. The Kier molecular flexibility index (Phi) is 1.61.